The Morgan fingerprint density at radius 1 is 1.78 bits per heavy atom. The fourth-order valence-corrected chi connectivity index (χ4v) is 0.548. The van der Waals surface area contributed by atoms with Crippen LogP contribution in [0, 0.1) is 0 Å². The Morgan fingerprint density at radius 2 is 2.22 bits per heavy atom. The van der Waals surface area contributed by atoms with E-state index < -0.39 is 13.1 Å². The van der Waals surface area contributed by atoms with Gasteiger partial charge in [-0.1, -0.05) is 0 Å². The molecule has 54 valence electrons. The van der Waals surface area contributed by atoms with Crippen molar-refractivity contribution in [1.29, 1.82) is 0 Å². The number of ether oxygens (including phenoxy) is 1. The van der Waals surface area contributed by atoms with E-state index in [0.29, 0.717) is 0 Å². The third kappa shape index (κ3) is 3.30. The van der Waals surface area contributed by atoms with Crippen LogP contribution in [0.25, 0.3) is 0 Å². The number of rotatable bonds is 3. The molecule has 0 fully saturated rings. The maximum atomic E-state index is 10.2. The van der Waals surface area contributed by atoms with Crippen LogP contribution in [0.4, 0.5) is 0 Å². The molecule has 0 heterocycles. The summed E-state index contributed by atoms with van der Waals surface area (Å²) in [5.41, 5.74) is -0.468. The second-order valence-electron chi connectivity index (χ2n) is 1.37. The summed E-state index contributed by atoms with van der Waals surface area (Å²) in [5, 5.41) is 0. The molecule has 9 heavy (non-hydrogen) atoms. The minimum absolute atomic E-state index is 0.226. The van der Waals surface area contributed by atoms with Gasteiger partial charge in [-0.25, -0.2) is 0 Å². The summed E-state index contributed by atoms with van der Waals surface area (Å²) in [6.45, 7) is 4.88. The highest BCUT2D eigenvalue weighted by Crippen LogP contribution is 2.43. The molecule has 0 aromatic heterocycles. The van der Waals surface area contributed by atoms with Crippen molar-refractivity contribution in [1.82, 2.24) is 0 Å². The molecule has 0 unspecified atom stereocenters. The van der Waals surface area contributed by atoms with Crippen LogP contribution in [0.2, 0.25) is 0 Å². The summed E-state index contributed by atoms with van der Waals surface area (Å²) in [6.07, 6.45) is 0. The summed E-state index contributed by atoms with van der Waals surface area (Å²) in [5.74, 6) is 0. The van der Waals surface area contributed by atoms with E-state index in [-0.39, 0.29) is 6.61 Å². The first-order valence-electron chi connectivity index (χ1n) is 2.36. The van der Waals surface area contributed by atoms with Crippen LogP contribution in [0.15, 0.2) is 12.1 Å². The third-order valence-corrected chi connectivity index (χ3v) is 1.41. The van der Waals surface area contributed by atoms with Crippen molar-refractivity contribution in [2.24, 2.45) is 0 Å². The molecule has 0 aromatic rings. The third-order valence-electron chi connectivity index (χ3n) is 0.636. The average molecular weight is 152 g/mol. The first-order chi connectivity index (χ1) is 3.98. The fraction of sp³-hybridized carbons (Fsp3) is 0.500. The monoisotopic (exact) mass is 152 g/mol. The Labute approximate surface area is 53.3 Å². The van der Waals surface area contributed by atoms with E-state index in [1.165, 1.54) is 0 Å². The summed E-state index contributed by atoms with van der Waals surface area (Å²) in [4.78, 5) is 16.6. The van der Waals surface area contributed by atoms with Crippen LogP contribution in [-0.2, 0) is 9.30 Å². The zero-order valence-corrected chi connectivity index (χ0v) is 5.97. The lowest BCUT2D eigenvalue weighted by Crippen LogP contribution is -1.90. The molecule has 2 N–H and O–H groups in total. The van der Waals surface area contributed by atoms with Gasteiger partial charge >= 0.3 is 7.60 Å². The first-order valence-corrected chi connectivity index (χ1v) is 3.97. The molecule has 0 amide bonds. The second kappa shape index (κ2) is 3.01. The number of hydrogen-bond donors (Lipinski definition) is 2. The molecule has 4 nitrogen and oxygen atoms in total. The molecule has 0 saturated heterocycles. The number of hydrogen-bond acceptors (Lipinski definition) is 2. The van der Waals surface area contributed by atoms with Gasteiger partial charge in [0, 0.05) is 0 Å². The lowest BCUT2D eigenvalue weighted by Gasteiger charge is -2.06. The summed E-state index contributed by atoms with van der Waals surface area (Å²) < 4.78 is 14.6. The predicted octanol–water partition coefficient (Wildman–Crippen LogP) is 0.672. The van der Waals surface area contributed by atoms with E-state index in [1.807, 2.05) is 0 Å². The Hall–Kier alpha value is -0.310. The van der Waals surface area contributed by atoms with Crippen molar-refractivity contribution >= 4 is 7.60 Å². The quantitative estimate of drug-likeness (QED) is 0.460. The van der Waals surface area contributed by atoms with E-state index in [9.17, 15) is 4.57 Å². The van der Waals surface area contributed by atoms with E-state index in [1.54, 1.807) is 6.92 Å². The topological polar surface area (TPSA) is 66.8 Å². The molecule has 0 saturated carbocycles. The van der Waals surface area contributed by atoms with Crippen molar-refractivity contribution in [3.63, 3.8) is 0 Å². The molecule has 0 radical (unpaired) electrons. The molecule has 0 spiro atoms. The standard InChI is InChI=1S/C4H9O4P/c1-3-8-4(2)9(5,6)7/h2-3H2,1H3,(H2,5,6,7). The molecular formula is C4H9O4P. The van der Waals surface area contributed by atoms with Crippen molar-refractivity contribution in [3.05, 3.63) is 12.1 Å². The summed E-state index contributed by atoms with van der Waals surface area (Å²) in [6, 6.07) is 0. The van der Waals surface area contributed by atoms with Crippen LogP contribution in [0.3, 0.4) is 0 Å². The molecular weight excluding hydrogens is 143 g/mol. The molecule has 0 bridgehead atoms. The van der Waals surface area contributed by atoms with E-state index in [4.69, 9.17) is 9.79 Å². The van der Waals surface area contributed by atoms with Gasteiger partial charge in [-0.15, -0.1) is 0 Å². The molecule has 0 atom stereocenters. The van der Waals surface area contributed by atoms with E-state index in [2.05, 4.69) is 11.3 Å². The first kappa shape index (κ1) is 8.69. The molecule has 0 rings (SSSR count). The largest absolute Gasteiger partial charge is 0.487 e. The van der Waals surface area contributed by atoms with Crippen LogP contribution < -0.4 is 0 Å². The Bertz CT molecular complexity index is 147. The normalized spacial score (nSPS) is 11.0. The Balaban J connectivity index is 3.90. The van der Waals surface area contributed by atoms with E-state index in [0.717, 1.165) is 0 Å². The SMILES string of the molecule is C=C(OCC)P(=O)(O)O. The Morgan fingerprint density at radius 3 is 2.33 bits per heavy atom. The highest BCUT2D eigenvalue weighted by Gasteiger charge is 2.18. The maximum Gasteiger partial charge on any atom is 0.389 e. The zero-order chi connectivity index (χ0) is 7.49. The second-order valence-corrected chi connectivity index (χ2v) is 2.96. The van der Waals surface area contributed by atoms with Crippen molar-refractivity contribution in [2.75, 3.05) is 6.61 Å². The van der Waals surface area contributed by atoms with Gasteiger partial charge in [-0.2, -0.15) is 0 Å². The molecule has 0 aromatic carbocycles. The highest BCUT2D eigenvalue weighted by molar-refractivity contribution is 7.56. The van der Waals surface area contributed by atoms with Gasteiger partial charge in [0.25, 0.3) is 0 Å². The van der Waals surface area contributed by atoms with Gasteiger partial charge in [-0.3, -0.25) is 4.57 Å². The van der Waals surface area contributed by atoms with Gasteiger partial charge in [0.15, 0.2) is 0 Å². The van der Waals surface area contributed by atoms with Crippen molar-refractivity contribution < 1.29 is 19.1 Å². The predicted molar refractivity (Wildman–Crippen MR) is 32.8 cm³/mol. The zero-order valence-electron chi connectivity index (χ0n) is 5.07. The highest BCUT2D eigenvalue weighted by atomic mass is 31.2. The van der Waals surface area contributed by atoms with E-state index >= 15 is 0 Å². The maximum absolute atomic E-state index is 10.2. The van der Waals surface area contributed by atoms with Gasteiger partial charge < -0.3 is 14.5 Å². The van der Waals surface area contributed by atoms with Gasteiger partial charge in [0.2, 0.25) is 5.50 Å². The minimum atomic E-state index is -4.19. The lowest BCUT2D eigenvalue weighted by molar-refractivity contribution is 0.232. The smallest absolute Gasteiger partial charge is 0.389 e. The van der Waals surface area contributed by atoms with Crippen LogP contribution in [0.1, 0.15) is 6.92 Å². The summed E-state index contributed by atoms with van der Waals surface area (Å²) in [7, 11) is -4.19. The van der Waals surface area contributed by atoms with Gasteiger partial charge in [-0.05, 0) is 13.5 Å². The van der Waals surface area contributed by atoms with Crippen LogP contribution in [-0.4, -0.2) is 16.4 Å². The molecule has 0 aliphatic rings. The van der Waals surface area contributed by atoms with Gasteiger partial charge in [0.1, 0.15) is 0 Å². The van der Waals surface area contributed by atoms with Crippen LogP contribution in [0.5, 0.6) is 0 Å². The average Bonchev–Trinajstić information content (AvgIpc) is 1.64. The Kier molecular flexibility index (Phi) is 2.91. The van der Waals surface area contributed by atoms with Crippen molar-refractivity contribution in [2.45, 2.75) is 6.92 Å². The summed E-state index contributed by atoms with van der Waals surface area (Å²) >= 11 is 0. The minimum Gasteiger partial charge on any atom is -0.487 e. The van der Waals surface area contributed by atoms with Crippen molar-refractivity contribution in [3.8, 4) is 0 Å². The molecule has 5 heteroatoms. The fourth-order valence-electron chi connectivity index (χ4n) is 0.251. The lowest BCUT2D eigenvalue weighted by atomic mass is 10.9. The molecule has 0 aliphatic heterocycles. The van der Waals surface area contributed by atoms with Gasteiger partial charge in [0.05, 0.1) is 6.61 Å². The van der Waals surface area contributed by atoms with Crippen LogP contribution >= 0.6 is 7.60 Å². The molecule has 0 aliphatic carbocycles.